The lowest BCUT2D eigenvalue weighted by Gasteiger charge is -2.46. The van der Waals surface area contributed by atoms with Crippen molar-refractivity contribution in [3.8, 4) is 5.75 Å². The van der Waals surface area contributed by atoms with Gasteiger partial charge < -0.3 is 15.0 Å². The Bertz CT molecular complexity index is 1230. The molecular formula is C26H29N3O4S. The molecule has 1 amide bonds. The van der Waals surface area contributed by atoms with Gasteiger partial charge in [-0.15, -0.1) is 0 Å². The fourth-order valence-corrected chi connectivity index (χ4v) is 6.11. The summed E-state index contributed by atoms with van der Waals surface area (Å²) in [5.41, 5.74) is 1.28. The van der Waals surface area contributed by atoms with Crippen LogP contribution in [0, 0.1) is 0 Å². The van der Waals surface area contributed by atoms with Gasteiger partial charge in [0, 0.05) is 24.2 Å². The number of nitrogens with zero attached hydrogens (tertiary/aromatic N) is 1. The average Bonchev–Trinajstić information content (AvgIpc) is 2.87. The molecule has 0 spiro atoms. The van der Waals surface area contributed by atoms with Gasteiger partial charge in [-0.05, 0) is 42.7 Å². The van der Waals surface area contributed by atoms with Crippen LogP contribution in [0.1, 0.15) is 28.8 Å². The van der Waals surface area contributed by atoms with E-state index in [1.165, 1.54) is 7.11 Å². The van der Waals surface area contributed by atoms with E-state index in [1.807, 2.05) is 60.7 Å². The maximum absolute atomic E-state index is 13.3. The molecule has 1 atom stereocenters. The van der Waals surface area contributed by atoms with Crippen molar-refractivity contribution in [1.29, 1.82) is 0 Å². The first kappa shape index (κ1) is 23.8. The molecular weight excluding hydrogens is 450 g/mol. The minimum atomic E-state index is -4.17. The fraction of sp³-hybridized carbons (Fsp3) is 0.269. The number of piperidine rings is 1. The number of primary sulfonamides is 1. The van der Waals surface area contributed by atoms with Gasteiger partial charge in [0.1, 0.15) is 5.75 Å². The molecule has 3 aromatic carbocycles. The van der Waals surface area contributed by atoms with Crippen LogP contribution in [-0.4, -0.2) is 39.9 Å². The maximum atomic E-state index is 13.3. The second kappa shape index (κ2) is 9.87. The summed E-state index contributed by atoms with van der Waals surface area (Å²) in [7, 11) is -2.70. The number of methoxy groups -OCH3 is 1. The Labute approximate surface area is 200 Å². The van der Waals surface area contributed by atoms with E-state index in [-0.39, 0.29) is 5.56 Å². The van der Waals surface area contributed by atoms with E-state index in [1.54, 1.807) is 24.3 Å². The molecule has 4 rings (SSSR count). The molecule has 8 heteroatoms. The molecule has 0 bridgehead atoms. The largest absolute Gasteiger partial charge is 0.496 e. The number of carbonyl (C=O) groups is 1. The molecule has 3 N–H and O–H groups in total. The summed E-state index contributed by atoms with van der Waals surface area (Å²) < 4.78 is 31.3. The van der Waals surface area contributed by atoms with Gasteiger partial charge in [0.25, 0.3) is 5.91 Å². The van der Waals surface area contributed by atoms with Gasteiger partial charge in [-0.25, -0.2) is 13.6 Å². The number of hydrogen-bond acceptors (Lipinski definition) is 5. The van der Waals surface area contributed by atoms with E-state index in [9.17, 15) is 13.2 Å². The molecule has 1 heterocycles. The second-order valence-electron chi connectivity index (χ2n) is 8.49. The first-order chi connectivity index (χ1) is 16.3. The third-order valence-electron chi connectivity index (χ3n) is 6.57. The standard InChI is InChI=1S/C26H29N3O4S/c1-33-23-15-9-8-14-22(23)24(30)28-25(34(27,31)32)26(20-10-4-2-5-11-20)16-18-29(19-17-26)21-12-6-3-7-13-21/h2-15,25H,16-19H2,1H3,(H,28,30)(H2,27,31,32). The fourth-order valence-electron chi connectivity index (χ4n) is 4.84. The minimum absolute atomic E-state index is 0.253. The van der Waals surface area contributed by atoms with Crippen molar-refractivity contribution in [2.24, 2.45) is 5.14 Å². The number of anilines is 1. The summed E-state index contributed by atoms with van der Waals surface area (Å²) >= 11 is 0. The highest BCUT2D eigenvalue weighted by Gasteiger charge is 2.49. The van der Waals surface area contributed by atoms with Crippen LogP contribution in [0.25, 0.3) is 0 Å². The first-order valence-electron chi connectivity index (χ1n) is 11.2. The highest BCUT2D eigenvalue weighted by atomic mass is 32.2. The van der Waals surface area contributed by atoms with Crippen LogP contribution in [0.2, 0.25) is 0 Å². The monoisotopic (exact) mass is 479 g/mol. The van der Waals surface area contributed by atoms with E-state index in [2.05, 4.69) is 10.2 Å². The quantitative estimate of drug-likeness (QED) is 0.542. The van der Waals surface area contributed by atoms with Crippen LogP contribution in [0.15, 0.2) is 84.9 Å². The Morgan fingerprint density at radius 3 is 2.09 bits per heavy atom. The third-order valence-corrected chi connectivity index (χ3v) is 7.80. The number of sulfonamides is 1. The topological polar surface area (TPSA) is 102 Å². The highest BCUT2D eigenvalue weighted by molar-refractivity contribution is 7.89. The predicted molar refractivity (Wildman–Crippen MR) is 133 cm³/mol. The predicted octanol–water partition coefficient (Wildman–Crippen LogP) is 3.28. The summed E-state index contributed by atoms with van der Waals surface area (Å²) in [6.45, 7) is 1.24. The number of carbonyl (C=O) groups excluding carboxylic acids is 1. The zero-order valence-electron chi connectivity index (χ0n) is 19.1. The van der Waals surface area contributed by atoms with Crippen molar-refractivity contribution in [2.45, 2.75) is 23.6 Å². The average molecular weight is 480 g/mol. The number of ether oxygens (including phenoxy) is 1. The van der Waals surface area contributed by atoms with Crippen molar-refractivity contribution in [3.63, 3.8) is 0 Å². The maximum Gasteiger partial charge on any atom is 0.256 e. The molecule has 0 saturated carbocycles. The van der Waals surface area contributed by atoms with E-state index >= 15 is 0 Å². The van der Waals surface area contributed by atoms with Gasteiger partial charge >= 0.3 is 0 Å². The van der Waals surface area contributed by atoms with Crippen LogP contribution < -0.4 is 20.1 Å². The Morgan fingerprint density at radius 2 is 1.50 bits per heavy atom. The lowest BCUT2D eigenvalue weighted by Crippen LogP contribution is -2.60. The number of amides is 1. The smallest absolute Gasteiger partial charge is 0.256 e. The van der Waals surface area contributed by atoms with Gasteiger partial charge in [-0.3, -0.25) is 4.79 Å². The molecule has 1 saturated heterocycles. The normalized spacial score (nSPS) is 16.5. The van der Waals surface area contributed by atoms with Crippen molar-refractivity contribution in [3.05, 3.63) is 96.1 Å². The summed E-state index contributed by atoms with van der Waals surface area (Å²) in [6, 6.07) is 26.2. The molecule has 0 aromatic heterocycles. The Kier molecular flexibility index (Phi) is 6.90. The van der Waals surface area contributed by atoms with Crippen molar-refractivity contribution >= 4 is 21.6 Å². The lowest BCUT2D eigenvalue weighted by atomic mass is 9.72. The second-order valence-corrected chi connectivity index (χ2v) is 10.1. The molecule has 3 aromatic rings. The molecule has 1 aliphatic rings. The Balaban J connectivity index is 1.72. The van der Waals surface area contributed by atoms with Crippen LogP contribution in [0.3, 0.4) is 0 Å². The first-order valence-corrected chi connectivity index (χ1v) is 12.8. The zero-order chi connectivity index (χ0) is 24.2. The molecule has 0 radical (unpaired) electrons. The summed E-state index contributed by atoms with van der Waals surface area (Å²) in [5.74, 6) is -0.182. The van der Waals surface area contributed by atoms with Gasteiger partial charge in [0.15, 0.2) is 5.37 Å². The molecule has 178 valence electrons. The highest BCUT2D eigenvalue weighted by Crippen LogP contribution is 2.41. The summed E-state index contributed by atoms with van der Waals surface area (Å²) in [5, 5.41) is 7.24. The number of nitrogens with one attached hydrogen (secondary N) is 1. The molecule has 1 unspecified atom stereocenters. The third kappa shape index (κ3) is 4.78. The molecule has 1 fully saturated rings. The van der Waals surface area contributed by atoms with Crippen molar-refractivity contribution in [1.82, 2.24) is 5.32 Å². The lowest BCUT2D eigenvalue weighted by molar-refractivity contribution is 0.0924. The summed E-state index contributed by atoms with van der Waals surface area (Å²) in [4.78, 5) is 15.5. The molecule has 1 aliphatic heterocycles. The number of hydrogen-bond donors (Lipinski definition) is 2. The van der Waals surface area contributed by atoms with Crippen LogP contribution in [-0.2, 0) is 15.4 Å². The van der Waals surface area contributed by atoms with Crippen molar-refractivity contribution < 1.29 is 17.9 Å². The van der Waals surface area contributed by atoms with Crippen LogP contribution in [0.4, 0.5) is 5.69 Å². The van der Waals surface area contributed by atoms with E-state index in [0.29, 0.717) is 31.7 Å². The van der Waals surface area contributed by atoms with Gasteiger partial charge in [0.05, 0.1) is 12.7 Å². The van der Waals surface area contributed by atoms with Gasteiger partial charge in [-0.1, -0.05) is 60.7 Å². The minimum Gasteiger partial charge on any atom is -0.496 e. The van der Waals surface area contributed by atoms with E-state index < -0.39 is 26.7 Å². The van der Waals surface area contributed by atoms with Gasteiger partial charge in [-0.2, -0.15) is 0 Å². The van der Waals surface area contributed by atoms with E-state index in [4.69, 9.17) is 9.88 Å². The molecule has 7 nitrogen and oxygen atoms in total. The van der Waals surface area contributed by atoms with Gasteiger partial charge in [0.2, 0.25) is 10.0 Å². The van der Waals surface area contributed by atoms with Crippen LogP contribution >= 0.6 is 0 Å². The Hall–Kier alpha value is -3.36. The van der Waals surface area contributed by atoms with E-state index in [0.717, 1.165) is 11.3 Å². The Morgan fingerprint density at radius 1 is 0.941 bits per heavy atom. The van der Waals surface area contributed by atoms with Crippen molar-refractivity contribution in [2.75, 3.05) is 25.1 Å². The number of para-hydroxylation sites is 2. The number of rotatable bonds is 7. The van der Waals surface area contributed by atoms with Crippen LogP contribution in [0.5, 0.6) is 5.75 Å². The number of benzene rings is 3. The SMILES string of the molecule is COc1ccccc1C(=O)NC(C1(c2ccccc2)CCN(c2ccccc2)CC1)S(N)(=O)=O. The molecule has 0 aliphatic carbocycles. The number of nitrogens with two attached hydrogens (primary N) is 1. The zero-order valence-corrected chi connectivity index (χ0v) is 19.9. The summed E-state index contributed by atoms with van der Waals surface area (Å²) in [6.07, 6.45) is 0.998. The molecule has 34 heavy (non-hydrogen) atoms.